The van der Waals surface area contributed by atoms with Crippen molar-refractivity contribution in [2.24, 2.45) is 7.05 Å². The maximum Gasteiger partial charge on any atom is 0.188 e. The summed E-state index contributed by atoms with van der Waals surface area (Å²) in [5, 5.41) is 16.3. The molecule has 112 valence electrons. The van der Waals surface area contributed by atoms with Crippen molar-refractivity contribution in [2.75, 3.05) is 13.1 Å². The van der Waals surface area contributed by atoms with E-state index in [1.54, 1.807) is 4.80 Å². The maximum absolute atomic E-state index is 4.34. The summed E-state index contributed by atoms with van der Waals surface area (Å²) >= 11 is 0. The molecule has 6 heteroatoms. The van der Waals surface area contributed by atoms with Gasteiger partial charge in [0.05, 0.1) is 13.6 Å². The van der Waals surface area contributed by atoms with Crippen molar-refractivity contribution >= 4 is 0 Å². The van der Waals surface area contributed by atoms with Gasteiger partial charge in [-0.1, -0.05) is 19.3 Å². The zero-order chi connectivity index (χ0) is 14.2. The Morgan fingerprint density at radius 1 is 1.20 bits per heavy atom. The monoisotopic (exact) mass is 278 g/mol. The van der Waals surface area contributed by atoms with Crippen LogP contribution < -0.4 is 5.32 Å². The maximum atomic E-state index is 4.34. The van der Waals surface area contributed by atoms with Gasteiger partial charge in [0.1, 0.15) is 0 Å². The van der Waals surface area contributed by atoms with Gasteiger partial charge < -0.3 is 5.32 Å². The van der Waals surface area contributed by atoms with Crippen LogP contribution in [-0.4, -0.2) is 49.3 Å². The molecule has 1 aliphatic heterocycles. The highest BCUT2D eigenvalue weighted by atomic mass is 15.6. The smallest absolute Gasteiger partial charge is 0.188 e. The molecule has 1 saturated carbocycles. The van der Waals surface area contributed by atoms with Crippen molar-refractivity contribution in [1.29, 1.82) is 0 Å². The Morgan fingerprint density at radius 2 is 1.95 bits per heavy atom. The lowest BCUT2D eigenvalue weighted by molar-refractivity contribution is 0.00314. The number of nitrogens with zero attached hydrogens (tertiary/aromatic N) is 5. The van der Waals surface area contributed by atoms with E-state index in [9.17, 15) is 0 Å². The molecular formula is C14H26N6. The van der Waals surface area contributed by atoms with Gasteiger partial charge in [0.25, 0.3) is 0 Å². The number of hydrogen-bond donors (Lipinski definition) is 1. The van der Waals surface area contributed by atoms with E-state index in [4.69, 9.17) is 0 Å². The fourth-order valence-corrected chi connectivity index (χ4v) is 3.54. The van der Waals surface area contributed by atoms with Gasteiger partial charge in [-0.05, 0) is 31.9 Å². The van der Waals surface area contributed by atoms with Crippen LogP contribution in [0.3, 0.4) is 0 Å². The predicted octanol–water partition coefficient (Wildman–Crippen LogP) is 1.10. The van der Waals surface area contributed by atoms with Gasteiger partial charge in [0.15, 0.2) is 5.82 Å². The predicted molar refractivity (Wildman–Crippen MR) is 77.1 cm³/mol. The molecule has 2 aliphatic rings. The highest BCUT2D eigenvalue weighted by Crippen LogP contribution is 2.34. The van der Waals surface area contributed by atoms with Gasteiger partial charge in [0.2, 0.25) is 0 Å². The average Bonchev–Trinajstić information content (AvgIpc) is 2.82. The zero-order valence-corrected chi connectivity index (χ0v) is 12.9. The van der Waals surface area contributed by atoms with Crippen molar-refractivity contribution in [1.82, 2.24) is 30.4 Å². The van der Waals surface area contributed by atoms with E-state index < -0.39 is 0 Å². The summed E-state index contributed by atoms with van der Waals surface area (Å²) in [6.45, 7) is 7.52. The summed E-state index contributed by atoms with van der Waals surface area (Å²) in [6.07, 6.45) is 6.69. The lowest BCUT2D eigenvalue weighted by Gasteiger charge is -2.53. The third-order valence-electron chi connectivity index (χ3n) is 4.94. The summed E-state index contributed by atoms with van der Waals surface area (Å²) in [6, 6.07) is 0. The molecule has 0 amide bonds. The third-order valence-corrected chi connectivity index (χ3v) is 4.94. The Morgan fingerprint density at radius 3 is 2.60 bits per heavy atom. The Labute approximate surface area is 120 Å². The Kier molecular flexibility index (Phi) is 3.54. The molecule has 2 fully saturated rings. The highest BCUT2D eigenvalue weighted by Gasteiger charge is 2.43. The van der Waals surface area contributed by atoms with E-state index in [0.29, 0.717) is 5.54 Å². The summed E-state index contributed by atoms with van der Waals surface area (Å²) in [5.41, 5.74) is 0.456. The molecule has 0 aromatic carbocycles. The molecule has 0 atom stereocenters. The molecule has 0 radical (unpaired) electrons. The number of aryl methyl sites for hydroxylation is 1. The Hall–Kier alpha value is -1.01. The van der Waals surface area contributed by atoms with Crippen LogP contribution in [0.4, 0.5) is 0 Å². The highest BCUT2D eigenvalue weighted by molar-refractivity contribution is 5.03. The topological polar surface area (TPSA) is 58.9 Å². The fourth-order valence-electron chi connectivity index (χ4n) is 3.54. The Balaban J connectivity index is 1.75. The molecule has 0 bridgehead atoms. The van der Waals surface area contributed by atoms with Crippen molar-refractivity contribution in [2.45, 2.75) is 63.6 Å². The van der Waals surface area contributed by atoms with Crippen LogP contribution in [0.1, 0.15) is 51.8 Å². The summed E-state index contributed by atoms with van der Waals surface area (Å²) in [5.74, 6) is 0.827. The molecule has 3 rings (SSSR count). The number of aromatic nitrogens is 4. The van der Waals surface area contributed by atoms with E-state index in [2.05, 4.69) is 39.5 Å². The van der Waals surface area contributed by atoms with E-state index in [1.165, 1.54) is 32.1 Å². The SMILES string of the molecule is Cn1nnc(CN2CC3(CCCCC3)NCC2(C)C)n1. The van der Waals surface area contributed by atoms with Gasteiger partial charge in [-0.3, -0.25) is 4.90 Å². The van der Waals surface area contributed by atoms with Crippen molar-refractivity contribution in [3.63, 3.8) is 0 Å². The molecule has 2 heterocycles. The average molecular weight is 278 g/mol. The lowest BCUT2D eigenvalue weighted by Crippen LogP contribution is -2.68. The van der Waals surface area contributed by atoms with Gasteiger partial charge in [0, 0.05) is 24.2 Å². The number of tetrazole rings is 1. The number of piperazine rings is 1. The van der Waals surface area contributed by atoms with Gasteiger partial charge in [-0.2, -0.15) is 4.80 Å². The minimum Gasteiger partial charge on any atom is -0.308 e. The second kappa shape index (κ2) is 5.07. The van der Waals surface area contributed by atoms with Crippen LogP contribution in [0.15, 0.2) is 0 Å². The first-order valence-electron chi connectivity index (χ1n) is 7.72. The number of hydrogen-bond acceptors (Lipinski definition) is 5. The first-order valence-corrected chi connectivity index (χ1v) is 7.72. The van der Waals surface area contributed by atoms with E-state index >= 15 is 0 Å². The Bertz CT molecular complexity index is 460. The van der Waals surface area contributed by atoms with Crippen LogP contribution in [0.2, 0.25) is 0 Å². The van der Waals surface area contributed by atoms with Crippen LogP contribution in [0, 0.1) is 0 Å². The van der Waals surface area contributed by atoms with Crippen molar-refractivity contribution < 1.29 is 0 Å². The molecule has 1 saturated heterocycles. The summed E-state index contributed by atoms with van der Waals surface area (Å²) in [4.78, 5) is 4.08. The summed E-state index contributed by atoms with van der Waals surface area (Å²) in [7, 11) is 1.82. The van der Waals surface area contributed by atoms with Crippen LogP contribution in [-0.2, 0) is 13.6 Å². The van der Waals surface area contributed by atoms with E-state index in [1.807, 2.05) is 7.05 Å². The van der Waals surface area contributed by atoms with Crippen molar-refractivity contribution in [3.05, 3.63) is 5.82 Å². The molecule has 1 aromatic heterocycles. The molecule has 20 heavy (non-hydrogen) atoms. The zero-order valence-electron chi connectivity index (χ0n) is 12.9. The van der Waals surface area contributed by atoms with Gasteiger partial charge in [-0.15, -0.1) is 10.2 Å². The first kappa shape index (κ1) is 13.9. The van der Waals surface area contributed by atoms with Crippen LogP contribution in [0.5, 0.6) is 0 Å². The molecule has 0 unspecified atom stereocenters. The quantitative estimate of drug-likeness (QED) is 0.878. The van der Waals surface area contributed by atoms with Crippen LogP contribution in [0.25, 0.3) is 0 Å². The minimum absolute atomic E-state index is 0.141. The van der Waals surface area contributed by atoms with Crippen LogP contribution >= 0.6 is 0 Å². The molecule has 1 aromatic rings. The molecule has 1 aliphatic carbocycles. The molecule has 6 nitrogen and oxygen atoms in total. The minimum atomic E-state index is 0.141. The first-order chi connectivity index (χ1) is 9.49. The summed E-state index contributed by atoms with van der Waals surface area (Å²) < 4.78 is 0. The molecular weight excluding hydrogens is 252 g/mol. The number of rotatable bonds is 2. The second-order valence-corrected chi connectivity index (χ2v) is 7.06. The number of nitrogens with one attached hydrogen (secondary N) is 1. The molecule has 1 N–H and O–H groups in total. The van der Waals surface area contributed by atoms with Crippen molar-refractivity contribution in [3.8, 4) is 0 Å². The normalized spacial score (nSPS) is 25.9. The third kappa shape index (κ3) is 2.72. The van der Waals surface area contributed by atoms with E-state index in [-0.39, 0.29) is 5.54 Å². The lowest BCUT2D eigenvalue weighted by atomic mass is 9.77. The van der Waals surface area contributed by atoms with Gasteiger partial charge >= 0.3 is 0 Å². The van der Waals surface area contributed by atoms with E-state index in [0.717, 1.165) is 25.5 Å². The standard InChI is InChI=1S/C14H26N6/c1-13(2)10-15-14(7-5-4-6-8-14)11-20(13)9-12-16-18-19(3)17-12/h15H,4-11H2,1-3H3. The largest absolute Gasteiger partial charge is 0.308 e. The van der Waals surface area contributed by atoms with Gasteiger partial charge in [-0.25, -0.2) is 0 Å². The molecule has 1 spiro atoms. The fraction of sp³-hybridized carbons (Fsp3) is 0.929. The second-order valence-electron chi connectivity index (χ2n) is 7.06.